The van der Waals surface area contributed by atoms with Crippen LogP contribution in [0.4, 0.5) is 0 Å². The second kappa shape index (κ2) is 5.57. The summed E-state index contributed by atoms with van der Waals surface area (Å²) >= 11 is 3.40. The fraction of sp³-hybridized carbons (Fsp3) is 0.188. The van der Waals surface area contributed by atoms with E-state index in [0.717, 1.165) is 15.6 Å². The largest absolute Gasteiger partial charge is 0.481 e. The van der Waals surface area contributed by atoms with Gasteiger partial charge >= 0.3 is 5.97 Å². The van der Waals surface area contributed by atoms with Gasteiger partial charge in [0.15, 0.2) is 0 Å². The molecule has 1 unspecified atom stereocenters. The summed E-state index contributed by atoms with van der Waals surface area (Å²) in [5.74, 6) is -0.811. The maximum atomic E-state index is 11.7. The third kappa shape index (κ3) is 3.04. The maximum absolute atomic E-state index is 11.7. The summed E-state index contributed by atoms with van der Waals surface area (Å²) in [6.45, 7) is 1.77. The Morgan fingerprint density at radius 2 is 1.84 bits per heavy atom. The lowest BCUT2D eigenvalue weighted by Crippen LogP contribution is -2.34. The molecule has 98 valence electrons. The Morgan fingerprint density at radius 3 is 2.42 bits per heavy atom. The van der Waals surface area contributed by atoms with Crippen LogP contribution in [0.2, 0.25) is 0 Å². The zero-order chi connectivity index (χ0) is 13.9. The molecule has 3 heteroatoms. The first kappa shape index (κ1) is 13.8. The van der Waals surface area contributed by atoms with Crippen LogP contribution in [0.1, 0.15) is 18.1 Å². The third-order valence-electron chi connectivity index (χ3n) is 3.33. The van der Waals surface area contributed by atoms with E-state index in [-0.39, 0.29) is 0 Å². The Morgan fingerprint density at radius 1 is 1.16 bits per heavy atom. The molecular weight excluding hydrogens is 304 g/mol. The molecule has 0 saturated heterocycles. The van der Waals surface area contributed by atoms with Crippen molar-refractivity contribution < 1.29 is 9.90 Å². The molecule has 0 amide bonds. The molecular formula is C16H15BrO2. The van der Waals surface area contributed by atoms with Gasteiger partial charge in [-0.15, -0.1) is 0 Å². The molecule has 2 nitrogen and oxygen atoms in total. The van der Waals surface area contributed by atoms with Gasteiger partial charge in [0.25, 0.3) is 0 Å². The summed E-state index contributed by atoms with van der Waals surface area (Å²) < 4.78 is 0.894. The first-order valence-electron chi connectivity index (χ1n) is 6.06. The van der Waals surface area contributed by atoms with Crippen molar-refractivity contribution in [1.29, 1.82) is 0 Å². The van der Waals surface area contributed by atoms with Crippen LogP contribution in [0.5, 0.6) is 0 Å². The van der Waals surface area contributed by atoms with Gasteiger partial charge in [-0.1, -0.05) is 58.4 Å². The molecule has 2 rings (SSSR count). The standard InChI is InChI=1S/C16H15BrO2/c1-16(15(18)19,11-12-6-3-2-4-7-12)13-8-5-9-14(17)10-13/h2-10H,11H2,1H3,(H,18,19). The Balaban J connectivity index is 2.41. The number of hydrogen-bond donors (Lipinski definition) is 1. The summed E-state index contributed by atoms with van der Waals surface area (Å²) in [7, 11) is 0. The highest BCUT2D eigenvalue weighted by Gasteiger charge is 2.35. The summed E-state index contributed by atoms with van der Waals surface area (Å²) in [6.07, 6.45) is 0.472. The van der Waals surface area contributed by atoms with Gasteiger partial charge < -0.3 is 5.11 Å². The van der Waals surface area contributed by atoms with Gasteiger partial charge in [0.1, 0.15) is 0 Å². The molecule has 0 aromatic heterocycles. The molecule has 0 aliphatic heterocycles. The summed E-state index contributed by atoms with van der Waals surface area (Å²) in [5.41, 5.74) is 0.899. The van der Waals surface area contributed by atoms with Gasteiger partial charge in [0.05, 0.1) is 5.41 Å². The summed E-state index contributed by atoms with van der Waals surface area (Å²) in [4.78, 5) is 11.7. The van der Waals surface area contributed by atoms with Crippen LogP contribution in [-0.2, 0) is 16.6 Å². The predicted molar refractivity (Wildman–Crippen MR) is 79.3 cm³/mol. The average molecular weight is 319 g/mol. The summed E-state index contributed by atoms with van der Waals surface area (Å²) in [5, 5.41) is 9.62. The van der Waals surface area contributed by atoms with Crippen LogP contribution < -0.4 is 0 Å². The van der Waals surface area contributed by atoms with Crippen LogP contribution in [0.3, 0.4) is 0 Å². The minimum Gasteiger partial charge on any atom is -0.481 e. The quantitative estimate of drug-likeness (QED) is 0.924. The lowest BCUT2D eigenvalue weighted by Gasteiger charge is -2.25. The van der Waals surface area contributed by atoms with Crippen molar-refractivity contribution in [3.63, 3.8) is 0 Å². The van der Waals surface area contributed by atoms with Crippen LogP contribution in [-0.4, -0.2) is 11.1 Å². The van der Waals surface area contributed by atoms with Gasteiger partial charge in [-0.3, -0.25) is 4.79 Å². The highest BCUT2D eigenvalue weighted by atomic mass is 79.9. The van der Waals surface area contributed by atoms with Crippen molar-refractivity contribution in [3.05, 3.63) is 70.2 Å². The molecule has 0 aliphatic rings. The lowest BCUT2D eigenvalue weighted by atomic mass is 9.77. The molecule has 2 aromatic rings. The Labute approximate surface area is 121 Å². The molecule has 0 fully saturated rings. The van der Waals surface area contributed by atoms with E-state index in [1.54, 1.807) is 6.92 Å². The zero-order valence-corrected chi connectivity index (χ0v) is 12.2. The number of benzene rings is 2. The second-order valence-corrected chi connectivity index (χ2v) is 5.73. The van der Waals surface area contributed by atoms with Gasteiger partial charge in [-0.05, 0) is 36.6 Å². The molecule has 19 heavy (non-hydrogen) atoms. The molecule has 0 bridgehead atoms. The van der Waals surface area contributed by atoms with E-state index in [1.807, 2.05) is 54.6 Å². The number of carboxylic acids is 1. The predicted octanol–water partition coefficient (Wildman–Crippen LogP) is 4.03. The fourth-order valence-corrected chi connectivity index (χ4v) is 2.54. The van der Waals surface area contributed by atoms with E-state index in [0.29, 0.717) is 6.42 Å². The number of carboxylic acid groups (broad SMARTS) is 1. The normalized spacial score (nSPS) is 13.8. The van der Waals surface area contributed by atoms with Gasteiger partial charge in [-0.2, -0.15) is 0 Å². The molecule has 0 radical (unpaired) electrons. The number of rotatable bonds is 4. The van der Waals surface area contributed by atoms with E-state index < -0.39 is 11.4 Å². The van der Waals surface area contributed by atoms with E-state index in [9.17, 15) is 9.90 Å². The van der Waals surface area contributed by atoms with E-state index in [1.165, 1.54) is 0 Å². The smallest absolute Gasteiger partial charge is 0.314 e. The third-order valence-corrected chi connectivity index (χ3v) is 3.83. The monoisotopic (exact) mass is 318 g/mol. The molecule has 0 heterocycles. The first-order valence-corrected chi connectivity index (χ1v) is 6.85. The minimum atomic E-state index is -0.925. The van der Waals surface area contributed by atoms with Gasteiger partial charge in [0.2, 0.25) is 0 Å². The van der Waals surface area contributed by atoms with Crippen LogP contribution in [0.15, 0.2) is 59.1 Å². The highest BCUT2D eigenvalue weighted by molar-refractivity contribution is 9.10. The van der Waals surface area contributed by atoms with Crippen molar-refractivity contribution >= 4 is 21.9 Å². The number of carbonyl (C=O) groups is 1. The number of halogens is 1. The van der Waals surface area contributed by atoms with Crippen LogP contribution in [0.25, 0.3) is 0 Å². The van der Waals surface area contributed by atoms with Crippen molar-refractivity contribution in [3.8, 4) is 0 Å². The molecule has 0 saturated carbocycles. The summed E-state index contributed by atoms with van der Waals surface area (Å²) in [6, 6.07) is 17.2. The minimum absolute atomic E-state index is 0.472. The van der Waals surface area contributed by atoms with E-state index >= 15 is 0 Å². The first-order chi connectivity index (χ1) is 9.02. The molecule has 2 aromatic carbocycles. The Kier molecular flexibility index (Phi) is 4.05. The fourth-order valence-electron chi connectivity index (χ4n) is 2.14. The van der Waals surface area contributed by atoms with Crippen LogP contribution >= 0.6 is 15.9 Å². The van der Waals surface area contributed by atoms with Crippen molar-refractivity contribution in [2.24, 2.45) is 0 Å². The van der Waals surface area contributed by atoms with Gasteiger partial charge in [0, 0.05) is 4.47 Å². The molecule has 0 spiro atoms. The Bertz CT molecular complexity index is 580. The van der Waals surface area contributed by atoms with Gasteiger partial charge in [-0.25, -0.2) is 0 Å². The van der Waals surface area contributed by atoms with E-state index in [4.69, 9.17) is 0 Å². The molecule has 0 aliphatic carbocycles. The SMILES string of the molecule is CC(Cc1ccccc1)(C(=O)O)c1cccc(Br)c1. The molecule has 1 atom stereocenters. The lowest BCUT2D eigenvalue weighted by molar-refractivity contribution is -0.143. The van der Waals surface area contributed by atoms with Crippen molar-refractivity contribution in [2.45, 2.75) is 18.8 Å². The topological polar surface area (TPSA) is 37.3 Å². The zero-order valence-electron chi connectivity index (χ0n) is 10.6. The van der Waals surface area contributed by atoms with E-state index in [2.05, 4.69) is 15.9 Å². The van der Waals surface area contributed by atoms with Crippen LogP contribution in [0, 0.1) is 0 Å². The second-order valence-electron chi connectivity index (χ2n) is 4.81. The number of hydrogen-bond acceptors (Lipinski definition) is 1. The maximum Gasteiger partial charge on any atom is 0.314 e. The molecule has 1 N–H and O–H groups in total. The number of aliphatic carboxylic acids is 1. The average Bonchev–Trinajstić information content (AvgIpc) is 2.39. The van der Waals surface area contributed by atoms with Crippen molar-refractivity contribution in [2.75, 3.05) is 0 Å². The highest BCUT2D eigenvalue weighted by Crippen LogP contribution is 2.30. The van der Waals surface area contributed by atoms with Crippen molar-refractivity contribution in [1.82, 2.24) is 0 Å². The Hall–Kier alpha value is -1.61.